The van der Waals surface area contributed by atoms with E-state index in [-0.39, 0.29) is 12.8 Å². The van der Waals surface area contributed by atoms with Crippen molar-refractivity contribution < 1.29 is 19.5 Å². The van der Waals surface area contributed by atoms with Crippen molar-refractivity contribution in [3.05, 3.63) is 0 Å². The number of aliphatic carboxylic acids is 1. The van der Waals surface area contributed by atoms with E-state index in [0.717, 1.165) is 0 Å². The monoisotopic (exact) mass is 218 g/mol. The number of carboxylic acid groups (broad SMARTS) is 1. The Balaban J connectivity index is 3.84. The van der Waals surface area contributed by atoms with E-state index < -0.39 is 23.5 Å². The minimum atomic E-state index is -0.977. The number of hydroxylamine groups is 1. The van der Waals surface area contributed by atoms with Gasteiger partial charge in [-0.2, -0.15) is 0 Å². The molecule has 1 atom stereocenters. The van der Waals surface area contributed by atoms with Gasteiger partial charge < -0.3 is 10.8 Å². The molecule has 0 saturated heterocycles. The summed E-state index contributed by atoms with van der Waals surface area (Å²) in [6, 6.07) is -0.858. The van der Waals surface area contributed by atoms with Crippen LogP contribution in [0.1, 0.15) is 33.6 Å². The number of carbonyl (C=O) groups is 2. The average molecular weight is 218 g/mol. The highest BCUT2D eigenvalue weighted by Crippen LogP contribution is 2.04. The first kappa shape index (κ1) is 13.9. The third kappa shape index (κ3) is 7.90. The van der Waals surface area contributed by atoms with Gasteiger partial charge in [-0.25, -0.2) is 5.48 Å². The van der Waals surface area contributed by atoms with Gasteiger partial charge in [0.2, 0.25) is 0 Å². The molecule has 0 bridgehead atoms. The lowest BCUT2D eigenvalue weighted by molar-refractivity contribution is -0.147. The molecule has 6 nitrogen and oxygen atoms in total. The zero-order valence-electron chi connectivity index (χ0n) is 9.24. The molecule has 0 fully saturated rings. The van der Waals surface area contributed by atoms with Crippen molar-refractivity contribution >= 4 is 11.9 Å². The maximum Gasteiger partial charge on any atom is 0.303 e. The van der Waals surface area contributed by atoms with Gasteiger partial charge in [-0.05, 0) is 27.2 Å². The van der Waals surface area contributed by atoms with E-state index in [0.29, 0.717) is 0 Å². The predicted molar refractivity (Wildman–Crippen MR) is 53.8 cm³/mol. The molecule has 0 spiro atoms. The fraction of sp³-hybridized carbons (Fsp3) is 0.778. The second-order valence-electron chi connectivity index (χ2n) is 4.22. The molecule has 15 heavy (non-hydrogen) atoms. The van der Waals surface area contributed by atoms with Crippen LogP contribution in [0.2, 0.25) is 0 Å². The molecule has 0 radical (unpaired) electrons. The summed E-state index contributed by atoms with van der Waals surface area (Å²) in [6.07, 6.45) is -0.0429. The maximum absolute atomic E-state index is 11.2. The summed E-state index contributed by atoms with van der Waals surface area (Å²) in [5.41, 5.74) is 7.13. The molecule has 0 aliphatic carbocycles. The summed E-state index contributed by atoms with van der Waals surface area (Å²) in [6.45, 7) is 5.32. The summed E-state index contributed by atoms with van der Waals surface area (Å²) >= 11 is 0. The van der Waals surface area contributed by atoms with Gasteiger partial charge in [0, 0.05) is 6.42 Å². The van der Waals surface area contributed by atoms with Gasteiger partial charge in [-0.1, -0.05) is 0 Å². The Morgan fingerprint density at radius 1 is 1.47 bits per heavy atom. The van der Waals surface area contributed by atoms with Gasteiger partial charge in [0.25, 0.3) is 5.91 Å². The smallest absolute Gasteiger partial charge is 0.303 e. The van der Waals surface area contributed by atoms with Crippen molar-refractivity contribution in [3.63, 3.8) is 0 Å². The largest absolute Gasteiger partial charge is 0.481 e. The van der Waals surface area contributed by atoms with Crippen LogP contribution in [0.15, 0.2) is 0 Å². The van der Waals surface area contributed by atoms with Crippen LogP contribution in [0.3, 0.4) is 0 Å². The van der Waals surface area contributed by atoms with Crippen molar-refractivity contribution in [2.75, 3.05) is 0 Å². The van der Waals surface area contributed by atoms with Crippen molar-refractivity contribution in [1.82, 2.24) is 5.48 Å². The molecule has 6 heteroatoms. The highest BCUT2D eigenvalue weighted by molar-refractivity contribution is 5.81. The molecule has 0 aliphatic rings. The lowest BCUT2D eigenvalue weighted by atomic mass is 10.1. The number of hydrogen-bond donors (Lipinski definition) is 3. The van der Waals surface area contributed by atoms with Crippen molar-refractivity contribution in [1.29, 1.82) is 0 Å². The number of nitrogens with two attached hydrogens (primary N) is 1. The third-order valence-corrected chi connectivity index (χ3v) is 1.46. The summed E-state index contributed by atoms with van der Waals surface area (Å²) in [5.74, 6) is -1.49. The van der Waals surface area contributed by atoms with Gasteiger partial charge in [-0.15, -0.1) is 0 Å². The Bertz CT molecular complexity index is 235. The van der Waals surface area contributed by atoms with E-state index in [1.807, 2.05) is 0 Å². The molecule has 0 aromatic rings. The van der Waals surface area contributed by atoms with Gasteiger partial charge in [0.15, 0.2) is 0 Å². The van der Waals surface area contributed by atoms with Crippen LogP contribution in [-0.2, 0) is 14.4 Å². The second kappa shape index (κ2) is 5.67. The molecule has 0 aromatic heterocycles. The maximum atomic E-state index is 11.2. The number of amides is 1. The number of nitrogens with one attached hydrogen (secondary N) is 1. The zero-order valence-corrected chi connectivity index (χ0v) is 9.24. The lowest BCUT2D eigenvalue weighted by Crippen LogP contribution is -2.43. The topological polar surface area (TPSA) is 102 Å². The minimum absolute atomic E-state index is 0.0919. The lowest BCUT2D eigenvalue weighted by Gasteiger charge is -2.20. The Morgan fingerprint density at radius 2 is 2.00 bits per heavy atom. The van der Waals surface area contributed by atoms with Gasteiger partial charge in [0.05, 0.1) is 11.6 Å². The molecule has 0 rings (SSSR count). The normalized spacial score (nSPS) is 13.3. The molecule has 0 aromatic carbocycles. The van der Waals surface area contributed by atoms with Crippen LogP contribution >= 0.6 is 0 Å². The summed E-state index contributed by atoms with van der Waals surface area (Å²) < 4.78 is 0. The van der Waals surface area contributed by atoms with Crippen molar-refractivity contribution in [3.8, 4) is 0 Å². The minimum Gasteiger partial charge on any atom is -0.481 e. The Hall–Kier alpha value is -1.14. The highest BCUT2D eigenvalue weighted by atomic mass is 16.7. The van der Waals surface area contributed by atoms with Gasteiger partial charge in [0.1, 0.15) is 0 Å². The van der Waals surface area contributed by atoms with Crippen molar-refractivity contribution in [2.45, 2.75) is 45.3 Å². The molecular formula is C9H18N2O4. The fourth-order valence-electron chi connectivity index (χ4n) is 0.689. The van der Waals surface area contributed by atoms with Crippen LogP contribution in [0, 0.1) is 0 Å². The SMILES string of the molecule is CC(C)(C)ONC(=O)C(N)CCC(=O)O. The average Bonchev–Trinajstić information content (AvgIpc) is 2.08. The standard InChI is InChI=1S/C9H18N2O4/c1-9(2,3)15-11-8(14)6(10)4-5-7(12)13/h6H,4-5,10H2,1-3H3,(H,11,14)(H,12,13). The molecule has 0 aliphatic heterocycles. The Kier molecular flexibility index (Phi) is 5.24. The Morgan fingerprint density at radius 3 is 2.40 bits per heavy atom. The number of rotatable bonds is 5. The van der Waals surface area contributed by atoms with Crippen LogP contribution in [0.25, 0.3) is 0 Å². The molecule has 0 saturated carbocycles. The summed E-state index contributed by atoms with van der Waals surface area (Å²) in [4.78, 5) is 26.5. The van der Waals surface area contributed by atoms with Crippen LogP contribution in [0.4, 0.5) is 0 Å². The molecular weight excluding hydrogens is 200 g/mol. The fourth-order valence-corrected chi connectivity index (χ4v) is 0.689. The molecule has 1 unspecified atom stereocenters. The molecule has 0 heterocycles. The third-order valence-electron chi connectivity index (χ3n) is 1.46. The molecule has 1 amide bonds. The Labute approximate surface area is 88.7 Å². The number of carboxylic acids is 1. The first-order valence-electron chi connectivity index (χ1n) is 4.67. The van der Waals surface area contributed by atoms with Gasteiger partial charge in [-0.3, -0.25) is 14.4 Å². The second-order valence-corrected chi connectivity index (χ2v) is 4.22. The van der Waals surface area contributed by atoms with E-state index in [1.54, 1.807) is 20.8 Å². The first-order valence-corrected chi connectivity index (χ1v) is 4.67. The predicted octanol–water partition coefficient (Wildman–Crippen LogP) is 0.0248. The van der Waals surface area contributed by atoms with E-state index >= 15 is 0 Å². The quantitative estimate of drug-likeness (QED) is 0.565. The van der Waals surface area contributed by atoms with Gasteiger partial charge >= 0.3 is 5.97 Å². The van der Waals surface area contributed by atoms with Crippen LogP contribution in [0.5, 0.6) is 0 Å². The van der Waals surface area contributed by atoms with E-state index in [4.69, 9.17) is 15.7 Å². The van der Waals surface area contributed by atoms with E-state index in [2.05, 4.69) is 5.48 Å². The van der Waals surface area contributed by atoms with Crippen LogP contribution < -0.4 is 11.2 Å². The highest BCUT2D eigenvalue weighted by Gasteiger charge is 2.18. The first-order chi connectivity index (χ1) is 6.72. The summed E-state index contributed by atoms with van der Waals surface area (Å²) in [7, 11) is 0. The molecule has 88 valence electrons. The molecule has 4 N–H and O–H groups in total. The summed E-state index contributed by atoms with van der Waals surface area (Å²) in [5, 5.41) is 8.38. The zero-order chi connectivity index (χ0) is 12.1. The van der Waals surface area contributed by atoms with Crippen LogP contribution in [-0.4, -0.2) is 28.6 Å². The van der Waals surface area contributed by atoms with E-state index in [9.17, 15) is 9.59 Å². The number of carbonyl (C=O) groups excluding carboxylic acids is 1. The number of hydrogen-bond acceptors (Lipinski definition) is 4. The van der Waals surface area contributed by atoms with Crippen molar-refractivity contribution in [2.24, 2.45) is 5.73 Å². The van der Waals surface area contributed by atoms with E-state index in [1.165, 1.54) is 0 Å².